The standard InChI is InChI=1S/C24H21ClN4O4S/c1-16-27-24(33-28-16)19-9-7-17(8-10-19)15-29(22(23(26)30)18-5-3-2-4-6-18)34(31,32)21-13-11-20(25)12-14-21/h2-14,22H,15H2,1H3,(H2,26,30)/t22-/m1/s1. The quantitative estimate of drug-likeness (QED) is 0.392. The molecule has 10 heteroatoms. The zero-order valence-corrected chi connectivity index (χ0v) is 19.7. The monoisotopic (exact) mass is 496 g/mol. The molecule has 0 saturated heterocycles. The Morgan fingerprint density at radius 3 is 2.24 bits per heavy atom. The predicted molar refractivity (Wildman–Crippen MR) is 127 cm³/mol. The summed E-state index contributed by atoms with van der Waals surface area (Å²) in [6.07, 6.45) is 0. The number of sulfonamides is 1. The van der Waals surface area contributed by atoms with Crippen LogP contribution in [0.2, 0.25) is 5.02 Å². The number of carbonyl (C=O) groups is 1. The van der Waals surface area contributed by atoms with Gasteiger partial charge in [-0.05, 0) is 54.4 Å². The van der Waals surface area contributed by atoms with Crippen LogP contribution >= 0.6 is 11.6 Å². The minimum Gasteiger partial charge on any atom is -0.368 e. The van der Waals surface area contributed by atoms with Crippen LogP contribution in [0.5, 0.6) is 0 Å². The zero-order chi connectivity index (χ0) is 24.3. The maximum atomic E-state index is 13.7. The molecule has 0 radical (unpaired) electrons. The molecule has 0 saturated carbocycles. The summed E-state index contributed by atoms with van der Waals surface area (Å²) < 4.78 is 33.7. The molecular weight excluding hydrogens is 476 g/mol. The molecule has 34 heavy (non-hydrogen) atoms. The fourth-order valence-corrected chi connectivity index (χ4v) is 5.21. The number of aromatic nitrogens is 2. The highest BCUT2D eigenvalue weighted by Gasteiger charge is 2.36. The lowest BCUT2D eigenvalue weighted by Gasteiger charge is -2.29. The van der Waals surface area contributed by atoms with E-state index < -0.39 is 22.0 Å². The summed E-state index contributed by atoms with van der Waals surface area (Å²) in [5, 5.41) is 4.17. The molecule has 3 aromatic carbocycles. The summed E-state index contributed by atoms with van der Waals surface area (Å²) >= 11 is 5.95. The highest BCUT2D eigenvalue weighted by Crippen LogP contribution is 2.31. The van der Waals surface area contributed by atoms with Crippen LogP contribution in [0.3, 0.4) is 0 Å². The third kappa shape index (κ3) is 5.01. The summed E-state index contributed by atoms with van der Waals surface area (Å²) in [6.45, 7) is 1.62. The van der Waals surface area contributed by atoms with Gasteiger partial charge in [0.1, 0.15) is 6.04 Å². The molecule has 1 heterocycles. The fraction of sp³-hybridized carbons (Fsp3) is 0.125. The van der Waals surface area contributed by atoms with Crippen molar-refractivity contribution in [3.63, 3.8) is 0 Å². The van der Waals surface area contributed by atoms with Crippen molar-refractivity contribution in [1.29, 1.82) is 0 Å². The van der Waals surface area contributed by atoms with E-state index in [2.05, 4.69) is 10.1 Å². The van der Waals surface area contributed by atoms with E-state index in [1.165, 1.54) is 24.3 Å². The van der Waals surface area contributed by atoms with Crippen LogP contribution in [0.1, 0.15) is 23.0 Å². The van der Waals surface area contributed by atoms with Crippen LogP contribution in [0, 0.1) is 6.92 Å². The van der Waals surface area contributed by atoms with Gasteiger partial charge in [-0.3, -0.25) is 4.79 Å². The Morgan fingerprint density at radius 2 is 1.68 bits per heavy atom. The van der Waals surface area contributed by atoms with E-state index in [1.54, 1.807) is 61.5 Å². The average Bonchev–Trinajstić information content (AvgIpc) is 3.26. The third-order valence-electron chi connectivity index (χ3n) is 5.16. The first-order valence-corrected chi connectivity index (χ1v) is 12.1. The van der Waals surface area contributed by atoms with E-state index in [0.717, 1.165) is 4.31 Å². The van der Waals surface area contributed by atoms with E-state index in [1.807, 2.05) is 0 Å². The molecule has 1 aromatic heterocycles. The lowest BCUT2D eigenvalue weighted by atomic mass is 10.1. The second-order valence-corrected chi connectivity index (χ2v) is 9.89. The number of halogens is 1. The van der Waals surface area contributed by atoms with Crippen LogP contribution in [0.25, 0.3) is 11.5 Å². The average molecular weight is 497 g/mol. The topological polar surface area (TPSA) is 119 Å². The van der Waals surface area contributed by atoms with Crippen molar-refractivity contribution >= 4 is 27.5 Å². The molecule has 0 spiro atoms. The number of nitrogens with two attached hydrogens (primary N) is 1. The zero-order valence-electron chi connectivity index (χ0n) is 18.1. The van der Waals surface area contributed by atoms with E-state index in [-0.39, 0.29) is 11.4 Å². The molecule has 0 aliphatic carbocycles. The van der Waals surface area contributed by atoms with Crippen molar-refractivity contribution in [2.45, 2.75) is 24.4 Å². The molecule has 4 aromatic rings. The number of primary amides is 1. The van der Waals surface area contributed by atoms with Crippen LogP contribution < -0.4 is 5.73 Å². The lowest BCUT2D eigenvalue weighted by molar-refractivity contribution is -0.122. The van der Waals surface area contributed by atoms with Crippen molar-refractivity contribution in [1.82, 2.24) is 14.4 Å². The van der Waals surface area contributed by atoms with Crippen molar-refractivity contribution < 1.29 is 17.7 Å². The van der Waals surface area contributed by atoms with Gasteiger partial charge in [0, 0.05) is 17.1 Å². The molecule has 0 fully saturated rings. The minimum absolute atomic E-state index is 0.00274. The van der Waals surface area contributed by atoms with E-state index in [0.29, 0.717) is 33.4 Å². The maximum absolute atomic E-state index is 13.7. The first-order chi connectivity index (χ1) is 16.3. The summed E-state index contributed by atoms with van der Waals surface area (Å²) in [7, 11) is -4.13. The van der Waals surface area contributed by atoms with Gasteiger partial charge in [-0.1, -0.05) is 59.2 Å². The molecule has 8 nitrogen and oxygen atoms in total. The molecule has 0 unspecified atom stereocenters. The highest BCUT2D eigenvalue weighted by molar-refractivity contribution is 7.89. The van der Waals surface area contributed by atoms with Gasteiger partial charge < -0.3 is 10.3 Å². The molecule has 0 aliphatic rings. The summed E-state index contributed by atoms with van der Waals surface area (Å²) in [6, 6.07) is 20.1. The van der Waals surface area contributed by atoms with Gasteiger partial charge in [0.2, 0.25) is 15.9 Å². The number of hydrogen-bond acceptors (Lipinski definition) is 6. The third-order valence-corrected chi connectivity index (χ3v) is 7.24. The molecule has 0 bridgehead atoms. The first-order valence-electron chi connectivity index (χ1n) is 10.3. The van der Waals surface area contributed by atoms with Crippen LogP contribution in [0.15, 0.2) is 88.3 Å². The maximum Gasteiger partial charge on any atom is 0.257 e. The fourth-order valence-electron chi connectivity index (χ4n) is 3.51. The van der Waals surface area contributed by atoms with E-state index in [9.17, 15) is 13.2 Å². The Hall–Kier alpha value is -3.53. The Bertz CT molecular complexity index is 1390. The van der Waals surface area contributed by atoms with Gasteiger partial charge in [0.15, 0.2) is 5.82 Å². The summed E-state index contributed by atoms with van der Waals surface area (Å²) in [4.78, 5) is 16.8. The molecule has 1 atom stereocenters. The number of aryl methyl sites for hydroxylation is 1. The van der Waals surface area contributed by atoms with Gasteiger partial charge in [0.05, 0.1) is 4.90 Å². The van der Waals surface area contributed by atoms with E-state index in [4.69, 9.17) is 21.9 Å². The first kappa shape index (κ1) is 23.6. The van der Waals surface area contributed by atoms with Gasteiger partial charge in [-0.2, -0.15) is 9.29 Å². The number of benzene rings is 3. The largest absolute Gasteiger partial charge is 0.368 e. The van der Waals surface area contributed by atoms with E-state index >= 15 is 0 Å². The summed E-state index contributed by atoms with van der Waals surface area (Å²) in [5.41, 5.74) is 7.52. The number of carbonyl (C=O) groups excluding carboxylic acids is 1. The second-order valence-electron chi connectivity index (χ2n) is 7.56. The Labute approximate surface area is 202 Å². The molecular formula is C24H21ClN4O4S. The Balaban J connectivity index is 1.76. The van der Waals surface area contributed by atoms with Gasteiger partial charge in [0.25, 0.3) is 5.89 Å². The summed E-state index contributed by atoms with van der Waals surface area (Å²) in [5.74, 6) is 0.0714. The molecule has 0 aliphatic heterocycles. The van der Waals surface area contributed by atoms with Gasteiger partial charge >= 0.3 is 0 Å². The van der Waals surface area contributed by atoms with Crippen LogP contribution in [-0.4, -0.2) is 28.8 Å². The predicted octanol–water partition coefficient (Wildman–Crippen LogP) is 4.12. The molecule has 1 amide bonds. The number of hydrogen-bond donors (Lipinski definition) is 1. The highest BCUT2D eigenvalue weighted by atomic mass is 35.5. The number of nitrogens with zero attached hydrogens (tertiary/aromatic N) is 3. The Kier molecular flexibility index (Phi) is 6.78. The Morgan fingerprint density at radius 1 is 1.03 bits per heavy atom. The molecule has 174 valence electrons. The van der Waals surface area contributed by atoms with Crippen molar-refractivity contribution in [3.8, 4) is 11.5 Å². The SMILES string of the molecule is Cc1noc(-c2ccc(CN([C@@H](C(N)=O)c3ccccc3)S(=O)(=O)c3ccc(Cl)cc3)cc2)n1. The number of amides is 1. The van der Waals surface area contributed by atoms with Crippen LogP contribution in [-0.2, 0) is 21.4 Å². The van der Waals surface area contributed by atoms with Gasteiger partial charge in [-0.15, -0.1) is 0 Å². The van der Waals surface area contributed by atoms with Crippen LogP contribution in [0.4, 0.5) is 0 Å². The van der Waals surface area contributed by atoms with Gasteiger partial charge in [-0.25, -0.2) is 8.42 Å². The number of rotatable bonds is 8. The van der Waals surface area contributed by atoms with Crippen molar-refractivity contribution in [2.75, 3.05) is 0 Å². The second kappa shape index (κ2) is 9.76. The smallest absolute Gasteiger partial charge is 0.257 e. The van der Waals surface area contributed by atoms with Crippen molar-refractivity contribution in [2.24, 2.45) is 5.73 Å². The lowest BCUT2D eigenvalue weighted by Crippen LogP contribution is -2.41. The molecule has 2 N–H and O–H groups in total. The normalized spacial score (nSPS) is 12.6. The minimum atomic E-state index is -4.13. The van der Waals surface area contributed by atoms with Crippen molar-refractivity contribution in [3.05, 3.63) is 101 Å². The molecule has 4 rings (SSSR count).